The normalized spacial score (nSPS) is 13.6. The molecule has 3 N–H and O–H groups in total. The lowest BCUT2D eigenvalue weighted by molar-refractivity contribution is -0.140. The van der Waals surface area contributed by atoms with E-state index in [9.17, 15) is 4.79 Å². The van der Waals surface area contributed by atoms with Crippen LogP contribution in [0.5, 0.6) is 0 Å². The van der Waals surface area contributed by atoms with Gasteiger partial charge in [-0.15, -0.1) is 0 Å². The fourth-order valence-corrected chi connectivity index (χ4v) is 2.20. The van der Waals surface area contributed by atoms with Gasteiger partial charge in [-0.05, 0) is 30.2 Å². The van der Waals surface area contributed by atoms with Crippen molar-refractivity contribution in [1.82, 2.24) is 0 Å². The molecule has 88 valence electrons. The average molecular weight is 286 g/mol. The van der Waals surface area contributed by atoms with E-state index in [1.54, 1.807) is 0 Å². The first kappa shape index (κ1) is 13.2. The summed E-state index contributed by atoms with van der Waals surface area (Å²) < 4.78 is 0.938. The van der Waals surface area contributed by atoms with Gasteiger partial charge in [0, 0.05) is 9.89 Å². The average Bonchev–Trinajstić information content (AvgIpc) is 2.14. The van der Waals surface area contributed by atoms with Crippen LogP contribution < -0.4 is 5.73 Å². The Balaban J connectivity index is 3.20. The summed E-state index contributed by atoms with van der Waals surface area (Å²) in [6.45, 7) is 5.65. The second kappa shape index (κ2) is 4.55. The number of aliphatic carboxylic acids is 1. The molecular formula is C12H16BrNO2. The molecule has 0 saturated carbocycles. The van der Waals surface area contributed by atoms with Crippen molar-refractivity contribution in [1.29, 1.82) is 0 Å². The van der Waals surface area contributed by atoms with Gasteiger partial charge in [-0.3, -0.25) is 4.79 Å². The predicted octanol–water partition coefficient (Wildman–Crippen LogP) is 2.45. The van der Waals surface area contributed by atoms with Crippen molar-refractivity contribution in [3.8, 4) is 0 Å². The van der Waals surface area contributed by atoms with Crippen LogP contribution in [-0.2, 0) is 10.2 Å². The van der Waals surface area contributed by atoms with Gasteiger partial charge in [-0.2, -0.15) is 0 Å². The maximum Gasteiger partial charge on any atom is 0.321 e. The lowest BCUT2D eigenvalue weighted by atomic mass is 9.78. The van der Waals surface area contributed by atoms with E-state index in [-0.39, 0.29) is 0 Å². The van der Waals surface area contributed by atoms with Crippen LogP contribution in [-0.4, -0.2) is 17.1 Å². The maximum atomic E-state index is 11.0. The third-order valence-corrected chi connectivity index (χ3v) is 3.29. The lowest BCUT2D eigenvalue weighted by Crippen LogP contribution is -2.46. The van der Waals surface area contributed by atoms with Crippen LogP contribution in [0, 0.1) is 6.92 Å². The van der Waals surface area contributed by atoms with Gasteiger partial charge in [0.15, 0.2) is 0 Å². The maximum absolute atomic E-state index is 11.0. The summed E-state index contributed by atoms with van der Waals surface area (Å²) in [5, 5.41) is 8.98. The molecule has 0 aromatic heterocycles. The fourth-order valence-electron chi connectivity index (χ4n) is 1.60. The van der Waals surface area contributed by atoms with Gasteiger partial charge in [0.25, 0.3) is 0 Å². The second-order valence-corrected chi connectivity index (χ2v) is 5.47. The van der Waals surface area contributed by atoms with E-state index in [0.29, 0.717) is 0 Å². The SMILES string of the molecule is Cc1cc(Br)cc(C(C)(C)C(N)C(=O)O)c1. The summed E-state index contributed by atoms with van der Waals surface area (Å²) in [7, 11) is 0. The monoisotopic (exact) mass is 285 g/mol. The first-order valence-corrected chi connectivity index (χ1v) is 5.80. The van der Waals surface area contributed by atoms with Gasteiger partial charge in [-0.25, -0.2) is 0 Å². The van der Waals surface area contributed by atoms with E-state index in [2.05, 4.69) is 15.9 Å². The molecule has 0 amide bonds. The molecule has 1 unspecified atom stereocenters. The summed E-state index contributed by atoms with van der Waals surface area (Å²) in [5.41, 5.74) is 7.12. The minimum Gasteiger partial charge on any atom is -0.480 e. The number of aryl methyl sites for hydroxylation is 1. The number of hydrogen-bond donors (Lipinski definition) is 2. The number of hydrogen-bond acceptors (Lipinski definition) is 2. The summed E-state index contributed by atoms with van der Waals surface area (Å²) in [4.78, 5) is 11.0. The number of rotatable bonds is 3. The molecular weight excluding hydrogens is 270 g/mol. The Bertz CT molecular complexity index is 395. The van der Waals surface area contributed by atoms with Crippen molar-refractivity contribution in [3.63, 3.8) is 0 Å². The molecule has 0 fully saturated rings. The molecule has 1 aromatic carbocycles. The number of halogens is 1. The zero-order valence-electron chi connectivity index (χ0n) is 9.62. The van der Waals surface area contributed by atoms with Crippen LogP contribution >= 0.6 is 15.9 Å². The number of carboxylic acid groups (broad SMARTS) is 1. The Morgan fingerprint density at radius 3 is 2.44 bits per heavy atom. The van der Waals surface area contributed by atoms with E-state index in [0.717, 1.165) is 15.6 Å². The first-order chi connectivity index (χ1) is 7.25. The molecule has 0 aliphatic rings. The molecule has 1 rings (SSSR count). The highest BCUT2D eigenvalue weighted by Crippen LogP contribution is 2.29. The Kier molecular flexibility index (Phi) is 3.76. The number of carbonyl (C=O) groups is 1. The summed E-state index contributed by atoms with van der Waals surface area (Å²) in [6, 6.07) is 4.94. The van der Waals surface area contributed by atoms with Crippen LogP contribution in [0.2, 0.25) is 0 Å². The highest BCUT2D eigenvalue weighted by Gasteiger charge is 2.33. The van der Waals surface area contributed by atoms with Crippen molar-refractivity contribution in [2.24, 2.45) is 5.73 Å². The molecule has 16 heavy (non-hydrogen) atoms. The van der Waals surface area contributed by atoms with E-state index in [1.807, 2.05) is 39.0 Å². The summed E-state index contributed by atoms with van der Waals surface area (Å²) >= 11 is 3.40. The Morgan fingerprint density at radius 1 is 1.44 bits per heavy atom. The van der Waals surface area contributed by atoms with Gasteiger partial charge in [0.2, 0.25) is 0 Å². The first-order valence-electron chi connectivity index (χ1n) is 5.01. The fraction of sp³-hybridized carbons (Fsp3) is 0.417. The quantitative estimate of drug-likeness (QED) is 0.897. The topological polar surface area (TPSA) is 63.3 Å². The molecule has 0 spiro atoms. The van der Waals surface area contributed by atoms with E-state index < -0.39 is 17.4 Å². The molecule has 1 aromatic rings. The van der Waals surface area contributed by atoms with Crippen molar-refractivity contribution >= 4 is 21.9 Å². The van der Waals surface area contributed by atoms with E-state index >= 15 is 0 Å². The molecule has 4 heteroatoms. The molecule has 3 nitrogen and oxygen atoms in total. The zero-order chi connectivity index (χ0) is 12.5. The number of nitrogens with two attached hydrogens (primary N) is 1. The van der Waals surface area contributed by atoms with Crippen molar-refractivity contribution in [3.05, 3.63) is 33.8 Å². The Hall–Kier alpha value is -0.870. The lowest BCUT2D eigenvalue weighted by Gasteiger charge is -2.29. The predicted molar refractivity (Wildman–Crippen MR) is 67.5 cm³/mol. The van der Waals surface area contributed by atoms with Crippen LogP contribution in [0.25, 0.3) is 0 Å². The summed E-state index contributed by atoms with van der Waals surface area (Å²) in [5.74, 6) is -0.984. The van der Waals surface area contributed by atoms with E-state index in [1.165, 1.54) is 0 Å². The molecule has 0 aliphatic heterocycles. The zero-order valence-corrected chi connectivity index (χ0v) is 11.2. The Labute approximate surface area is 104 Å². The van der Waals surface area contributed by atoms with Gasteiger partial charge in [0.05, 0.1) is 0 Å². The highest BCUT2D eigenvalue weighted by molar-refractivity contribution is 9.10. The molecule has 0 bridgehead atoms. The highest BCUT2D eigenvalue weighted by atomic mass is 79.9. The van der Waals surface area contributed by atoms with Crippen LogP contribution in [0.15, 0.2) is 22.7 Å². The van der Waals surface area contributed by atoms with Gasteiger partial charge in [0.1, 0.15) is 6.04 Å². The number of carboxylic acids is 1. The molecule has 0 aliphatic carbocycles. The molecule has 0 heterocycles. The third kappa shape index (κ3) is 2.62. The minimum atomic E-state index is -0.984. The van der Waals surface area contributed by atoms with Crippen molar-refractivity contribution in [2.75, 3.05) is 0 Å². The molecule has 0 radical (unpaired) electrons. The minimum absolute atomic E-state index is 0.597. The van der Waals surface area contributed by atoms with Gasteiger partial charge < -0.3 is 10.8 Å². The standard InChI is InChI=1S/C12H16BrNO2/c1-7-4-8(6-9(13)5-7)12(2,3)10(14)11(15)16/h4-6,10H,14H2,1-3H3,(H,15,16). The summed E-state index contributed by atoms with van der Waals surface area (Å²) in [6.07, 6.45) is 0. The van der Waals surface area contributed by atoms with Crippen molar-refractivity contribution < 1.29 is 9.90 Å². The molecule has 0 saturated heterocycles. The Morgan fingerprint density at radius 2 is 2.00 bits per heavy atom. The molecule has 1 atom stereocenters. The van der Waals surface area contributed by atoms with Crippen LogP contribution in [0.4, 0.5) is 0 Å². The largest absolute Gasteiger partial charge is 0.480 e. The van der Waals surface area contributed by atoms with Crippen LogP contribution in [0.1, 0.15) is 25.0 Å². The van der Waals surface area contributed by atoms with Gasteiger partial charge in [-0.1, -0.05) is 35.8 Å². The second-order valence-electron chi connectivity index (χ2n) is 4.55. The van der Waals surface area contributed by atoms with Crippen LogP contribution in [0.3, 0.4) is 0 Å². The third-order valence-electron chi connectivity index (χ3n) is 2.83. The van der Waals surface area contributed by atoms with Crippen molar-refractivity contribution in [2.45, 2.75) is 32.2 Å². The smallest absolute Gasteiger partial charge is 0.321 e. The van der Waals surface area contributed by atoms with E-state index in [4.69, 9.17) is 10.8 Å². The number of benzene rings is 1. The van der Waals surface area contributed by atoms with Gasteiger partial charge >= 0.3 is 5.97 Å².